The minimum atomic E-state index is 0.679. The molecule has 0 saturated heterocycles. The van der Waals surface area contributed by atoms with Gasteiger partial charge in [-0.1, -0.05) is 12.8 Å². The smallest absolute Gasteiger partial charge is 0.185 e. The lowest BCUT2D eigenvalue weighted by molar-refractivity contribution is 0.671. The fourth-order valence-electron chi connectivity index (χ4n) is 1.15. The third kappa shape index (κ3) is 3.43. The van der Waals surface area contributed by atoms with Gasteiger partial charge in [0.2, 0.25) is 0 Å². The first-order chi connectivity index (χ1) is 6.88. The maximum atomic E-state index is 5.55. The van der Waals surface area contributed by atoms with E-state index in [0.717, 1.165) is 31.6 Å². The van der Waals surface area contributed by atoms with E-state index in [9.17, 15) is 0 Å². The van der Waals surface area contributed by atoms with Crippen molar-refractivity contribution in [1.82, 2.24) is 9.55 Å². The molecule has 0 saturated carbocycles. The van der Waals surface area contributed by atoms with Crippen molar-refractivity contribution in [1.29, 1.82) is 0 Å². The summed E-state index contributed by atoms with van der Waals surface area (Å²) in [6.07, 6.45) is 6.66. The number of aromatic nitrogens is 2. The van der Waals surface area contributed by atoms with Gasteiger partial charge in [0.05, 0.1) is 0 Å². The second-order valence-electron chi connectivity index (χ2n) is 3.04. The van der Waals surface area contributed by atoms with Crippen LogP contribution in [0.25, 0.3) is 0 Å². The highest BCUT2D eigenvalue weighted by Crippen LogP contribution is 1.98. The summed E-state index contributed by atoms with van der Waals surface area (Å²) in [4.78, 5) is 4.19. The summed E-state index contributed by atoms with van der Waals surface area (Å²) in [5, 5.41) is 0. The van der Waals surface area contributed by atoms with Crippen LogP contribution in [0.5, 0.6) is 0 Å². The number of aryl methyl sites for hydroxylation is 1. The Balaban J connectivity index is 2.55. The van der Waals surface area contributed by atoms with Crippen LogP contribution >= 0.6 is 11.6 Å². The van der Waals surface area contributed by atoms with E-state index in [-0.39, 0.29) is 0 Å². The van der Waals surface area contributed by atoms with Crippen LogP contribution in [0.15, 0.2) is 12.4 Å². The molecule has 0 radical (unpaired) electrons. The summed E-state index contributed by atoms with van der Waals surface area (Å²) in [5.74, 6) is 7.67. The molecule has 76 valence electrons. The largest absolute Gasteiger partial charge is 0.324 e. The average Bonchev–Trinajstić information content (AvgIpc) is 2.61. The highest BCUT2D eigenvalue weighted by molar-refractivity contribution is 6.17. The lowest BCUT2D eigenvalue weighted by Gasteiger charge is -1.99. The molecule has 1 aromatic heterocycles. The molecule has 0 aliphatic heterocycles. The first kappa shape index (κ1) is 11.1. The van der Waals surface area contributed by atoms with Crippen molar-refractivity contribution in [2.45, 2.75) is 32.7 Å². The summed E-state index contributed by atoms with van der Waals surface area (Å²) in [6, 6.07) is 0. The van der Waals surface area contributed by atoms with Crippen LogP contribution in [-0.2, 0) is 6.54 Å². The molecule has 0 bridgehead atoms. The topological polar surface area (TPSA) is 17.8 Å². The van der Waals surface area contributed by atoms with Crippen molar-refractivity contribution in [2.24, 2.45) is 0 Å². The van der Waals surface area contributed by atoms with E-state index < -0.39 is 0 Å². The number of rotatable bonds is 4. The van der Waals surface area contributed by atoms with Crippen molar-refractivity contribution < 1.29 is 0 Å². The first-order valence-electron chi connectivity index (χ1n) is 4.94. The second-order valence-corrected chi connectivity index (χ2v) is 3.42. The van der Waals surface area contributed by atoms with Crippen LogP contribution in [0.4, 0.5) is 0 Å². The summed E-state index contributed by atoms with van der Waals surface area (Å²) >= 11 is 5.55. The minimum absolute atomic E-state index is 0.679. The highest BCUT2D eigenvalue weighted by Gasteiger charge is 1.95. The molecular formula is C11H15ClN2. The number of hydrogen-bond acceptors (Lipinski definition) is 1. The summed E-state index contributed by atoms with van der Waals surface area (Å²) in [6.45, 7) is 3.13. The maximum absolute atomic E-state index is 5.55. The third-order valence-electron chi connectivity index (χ3n) is 1.82. The van der Waals surface area contributed by atoms with E-state index in [0.29, 0.717) is 5.88 Å². The van der Waals surface area contributed by atoms with Crippen molar-refractivity contribution in [2.75, 3.05) is 5.88 Å². The highest BCUT2D eigenvalue weighted by atomic mass is 35.5. The Labute approximate surface area is 90.3 Å². The number of alkyl halides is 1. The molecule has 1 heterocycles. The van der Waals surface area contributed by atoms with Gasteiger partial charge >= 0.3 is 0 Å². The molecule has 0 atom stereocenters. The van der Waals surface area contributed by atoms with Crippen LogP contribution in [0.3, 0.4) is 0 Å². The van der Waals surface area contributed by atoms with Crippen molar-refractivity contribution >= 4 is 11.6 Å². The van der Waals surface area contributed by atoms with E-state index in [1.54, 1.807) is 6.20 Å². The molecular weight excluding hydrogens is 196 g/mol. The summed E-state index contributed by atoms with van der Waals surface area (Å²) in [7, 11) is 0. The zero-order chi connectivity index (χ0) is 10.2. The molecule has 0 spiro atoms. The van der Waals surface area contributed by atoms with Gasteiger partial charge in [-0.25, -0.2) is 4.98 Å². The summed E-state index contributed by atoms with van der Waals surface area (Å²) < 4.78 is 2.08. The van der Waals surface area contributed by atoms with Crippen LogP contribution < -0.4 is 0 Å². The van der Waals surface area contributed by atoms with Crippen LogP contribution in [-0.4, -0.2) is 15.4 Å². The lowest BCUT2D eigenvalue weighted by Crippen LogP contribution is -1.98. The van der Waals surface area contributed by atoms with Crippen LogP contribution in [0.1, 0.15) is 32.0 Å². The van der Waals surface area contributed by atoms with Gasteiger partial charge in [0.25, 0.3) is 0 Å². The standard InChI is InChI=1S/C11H15ClN2/c1-2-9-14-10-8-13-11(14)6-4-3-5-7-12/h8,10H,2-3,5,7,9H2,1H3. The van der Waals surface area contributed by atoms with Crippen LogP contribution in [0, 0.1) is 11.8 Å². The van der Waals surface area contributed by atoms with Gasteiger partial charge in [-0.2, -0.15) is 0 Å². The number of imidazole rings is 1. The number of hydrogen-bond donors (Lipinski definition) is 0. The van der Waals surface area contributed by atoms with Crippen molar-refractivity contribution in [3.05, 3.63) is 18.2 Å². The Morgan fingerprint density at radius 2 is 2.43 bits per heavy atom. The normalized spacial score (nSPS) is 9.57. The van der Waals surface area contributed by atoms with Gasteiger partial charge in [-0.05, 0) is 18.8 Å². The molecule has 3 heteroatoms. The SMILES string of the molecule is CCCn1ccnc1C#CCCCCl. The number of nitrogens with zero attached hydrogens (tertiary/aromatic N) is 2. The van der Waals surface area contributed by atoms with Gasteiger partial charge in [0, 0.05) is 31.2 Å². The van der Waals surface area contributed by atoms with E-state index in [1.165, 1.54) is 0 Å². The van der Waals surface area contributed by atoms with Gasteiger partial charge in [0.1, 0.15) is 0 Å². The molecule has 0 aromatic carbocycles. The quantitative estimate of drug-likeness (QED) is 0.425. The second kappa shape index (κ2) is 6.50. The molecule has 0 aliphatic carbocycles. The Hall–Kier alpha value is -0.940. The van der Waals surface area contributed by atoms with Gasteiger partial charge in [0.15, 0.2) is 5.82 Å². The molecule has 0 fully saturated rings. The molecule has 0 aliphatic rings. The van der Waals surface area contributed by atoms with E-state index in [2.05, 4.69) is 28.3 Å². The van der Waals surface area contributed by atoms with E-state index >= 15 is 0 Å². The predicted octanol–water partition coefficient (Wildman–Crippen LogP) is 2.66. The fourth-order valence-corrected chi connectivity index (χ4v) is 1.28. The molecule has 1 aromatic rings. The van der Waals surface area contributed by atoms with Crippen molar-refractivity contribution in [3.63, 3.8) is 0 Å². The number of unbranched alkanes of at least 4 members (excludes halogenated alkanes) is 1. The molecule has 1 rings (SSSR count). The van der Waals surface area contributed by atoms with E-state index in [4.69, 9.17) is 11.6 Å². The Kier molecular flexibility index (Phi) is 5.17. The number of halogens is 1. The Morgan fingerprint density at radius 1 is 1.57 bits per heavy atom. The predicted molar refractivity (Wildman–Crippen MR) is 59.4 cm³/mol. The van der Waals surface area contributed by atoms with Crippen LogP contribution in [0.2, 0.25) is 0 Å². The fraction of sp³-hybridized carbons (Fsp3) is 0.545. The Morgan fingerprint density at radius 3 is 3.14 bits per heavy atom. The van der Waals surface area contributed by atoms with Gasteiger partial charge in [-0.15, -0.1) is 11.6 Å². The molecule has 14 heavy (non-hydrogen) atoms. The zero-order valence-electron chi connectivity index (χ0n) is 8.46. The Bertz CT molecular complexity index is 320. The average molecular weight is 211 g/mol. The lowest BCUT2D eigenvalue weighted by atomic mass is 10.3. The molecule has 0 unspecified atom stereocenters. The molecule has 2 nitrogen and oxygen atoms in total. The van der Waals surface area contributed by atoms with Gasteiger partial charge < -0.3 is 4.57 Å². The van der Waals surface area contributed by atoms with Crippen molar-refractivity contribution in [3.8, 4) is 11.8 Å². The van der Waals surface area contributed by atoms with E-state index in [1.807, 2.05) is 6.20 Å². The third-order valence-corrected chi connectivity index (χ3v) is 2.08. The first-order valence-corrected chi connectivity index (χ1v) is 5.48. The molecule has 0 N–H and O–H groups in total. The molecule has 0 amide bonds. The summed E-state index contributed by atoms with van der Waals surface area (Å²) in [5.41, 5.74) is 0. The maximum Gasteiger partial charge on any atom is 0.185 e. The minimum Gasteiger partial charge on any atom is -0.324 e. The monoisotopic (exact) mass is 210 g/mol. The zero-order valence-corrected chi connectivity index (χ0v) is 9.22. The van der Waals surface area contributed by atoms with Gasteiger partial charge in [-0.3, -0.25) is 0 Å².